The molecular formula is C14H29N3OS. The second kappa shape index (κ2) is 8.12. The molecule has 1 rings (SSSR count). The van der Waals surface area contributed by atoms with Gasteiger partial charge < -0.3 is 16.0 Å². The zero-order valence-electron chi connectivity index (χ0n) is 12.6. The molecule has 112 valence electrons. The van der Waals surface area contributed by atoms with Gasteiger partial charge in [-0.3, -0.25) is 4.79 Å². The Kier molecular flexibility index (Phi) is 7.18. The Labute approximate surface area is 121 Å². The van der Waals surface area contributed by atoms with E-state index < -0.39 is 0 Å². The van der Waals surface area contributed by atoms with Crippen molar-refractivity contribution in [2.75, 3.05) is 32.6 Å². The van der Waals surface area contributed by atoms with E-state index >= 15 is 0 Å². The fourth-order valence-electron chi connectivity index (χ4n) is 2.75. The van der Waals surface area contributed by atoms with Crippen molar-refractivity contribution < 1.29 is 4.79 Å². The van der Waals surface area contributed by atoms with Crippen LogP contribution in [0, 0.1) is 0 Å². The van der Waals surface area contributed by atoms with E-state index in [2.05, 4.69) is 24.3 Å². The molecule has 1 aliphatic carbocycles. The monoisotopic (exact) mass is 287 g/mol. The highest BCUT2D eigenvalue weighted by Crippen LogP contribution is 2.31. The summed E-state index contributed by atoms with van der Waals surface area (Å²) in [6.45, 7) is 0.728. The highest BCUT2D eigenvalue weighted by Gasteiger charge is 2.34. The van der Waals surface area contributed by atoms with E-state index in [4.69, 9.17) is 5.73 Å². The number of rotatable bonds is 7. The van der Waals surface area contributed by atoms with Gasteiger partial charge in [-0.05, 0) is 45.4 Å². The summed E-state index contributed by atoms with van der Waals surface area (Å²) in [6.07, 6.45) is 8.95. The lowest BCUT2D eigenvalue weighted by molar-refractivity contribution is -0.123. The minimum absolute atomic E-state index is 0.000786. The lowest BCUT2D eigenvalue weighted by atomic mass is 9.80. The van der Waals surface area contributed by atoms with Gasteiger partial charge in [0.05, 0.1) is 6.04 Å². The molecule has 0 aromatic carbocycles. The number of hydrogen-bond donors (Lipinski definition) is 2. The number of nitrogens with zero attached hydrogens (tertiary/aromatic N) is 1. The molecule has 1 amide bonds. The van der Waals surface area contributed by atoms with Crippen LogP contribution in [0.3, 0.4) is 0 Å². The standard InChI is InChI=1S/C14H29N3OS/c1-17(2)14(8-5-4-6-9-14)11-16-13(18)12(15)7-10-19-3/h12H,4-11,15H2,1-3H3,(H,16,18)/t12-/m0/s1. The van der Waals surface area contributed by atoms with E-state index in [0.717, 1.165) is 18.7 Å². The SMILES string of the molecule is CSCC[C@H](N)C(=O)NCC1(N(C)C)CCCCC1. The molecule has 0 aromatic heterocycles. The molecule has 19 heavy (non-hydrogen) atoms. The van der Waals surface area contributed by atoms with Crippen molar-refractivity contribution in [2.45, 2.75) is 50.1 Å². The van der Waals surface area contributed by atoms with Crippen molar-refractivity contribution in [2.24, 2.45) is 5.73 Å². The lowest BCUT2D eigenvalue weighted by Gasteiger charge is -2.43. The summed E-state index contributed by atoms with van der Waals surface area (Å²) in [5.74, 6) is 0.939. The van der Waals surface area contributed by atoms with Crippen LogP contribution in [-0.2, 0) is 4.79 Å². The molecule has 1 aliphatic rings. The molecule has 0 aliphatic heterocycles. The second-order valence-corrected chi connectivity index (χ2v) is 6.77. The number of hydrogen-bond acceptors (Lipinski definition) is 4. The van der Waals surface area contributed by atoms with E-state index in [9.17, 15) is 4.79 Å². The fourth-order valence-corrected chi connectivity index (χ4v) is 3.24. The summed E-state index contributed by atoms with van der Waals surface area (Å²) in [4.78, 5) is 14.3. The molecule has 0 spiro atoms. The summed E-state index contributed by atoms with van der Waals surface area (Å²) in [6, 6.07) is -0.366. The molecule has 3 N–H and O–H groups in total. The van der Waals surface area contributed by atoms with Crippen LogP contribution in [0.15, 0.2) is 0 Å². The average Bonchev–Trinajstić information content (AvgIpc) is 2.42. The molecule has 0 radical (unpaired) electrons. The van der Waals surface area contributed by atoms with Crippen molar-refractivity contribution in [3.05, 3.63) is 0 Å². The van der Waals surface area contributed by atoms with Crippen molar-refractivity contribution in [1.82, 2.24) is 10.2 Å². The highest BCUT2D eigenvalue weighted by molar-refractivity contribution is 7.98. The van der Waals surface area contributed by atoms with Crippen molar-refractivity contribution in [1.29, 1.82) is 0 Å². The third kappa shape index (κ3) is 4.97. The van der Waals surface area contributed by atoms with Crippen LogP contribution in [0.4, 0.5) is 0 Å². The predicted octanol–water partition coefficient (Wildman–Crippen LogP) is 1.45. The summed E-state index contributed by atoms with van der Waals surface area (Å²) >= 11 is 1.73. The summed E-state index contributed by atoms with van der Waals surface area (Å²) in [7, 11) is 4.23. The third-order valence-corrected chi connectivity index (χ3v) is 4.94. The Bertz CT molecular complexity index is 278. The van der Waals surface area contributed by atoms with Gasteiger partial charge in [0.2, 0.25) is 5.91 Å². The molecule has 0 saturated heterocycles. The maximum atomic E-state index is 12.0. The van der Waals surface area contributed by atoms with Crippen LogP contribution in [0.5, 0.6) is 0 Å². The molecule has 4 nitrogen and oxygen atoms in total. The number of thioether (sulfide) groups is 1. The molecule has 0 bridgehead atoms. The topological polar surface area (TPSA) is 58.4 Å². The highest BCUT2D eigenvalue weighted by atomic mass is 32.2. The number of nitrogens with one attached hydrogen (secondary N) is 1. The second-order valence-electron chi connectivity index (χ2n) is 5.79. The molecular weight excluding hydrogens is 258 g/mol. The van der Waals surface area contributed by atoms with Crippen molar-refractivity contribution >= 4 is 17.7 Å². The number of carbonyl (C=O) groups is 1. The summed E-state index contributed by atoms with van der Waals surface area (Å²) < 4.78 is 0. The molecule has 1 saturated carbocycles. The Hall–Kier alpha value is -0.260. The van der Waals surface area contributed by atoms with Gasteiger partial charge in [0.1, 0.15) is 0 Å². The average molecular weight is 287 g/mol. The van der Waals surface area contributed by atoms with Gasteiger partial charge in [-0.2, -0.15) is 11.8 Å². The van der Waals surface area contributed by atoms with Crippen LogP contribution in [0.25, 0.3) is 0 Å². The van der Waals surface area contributed by atoms with Gasteiger partial charge in [0.25, 0.3) is 0 Å². The van der Waals surface area contributed by atoms with E-state index in [0.29, 0.717) is 0 Å². The Morgan fingerprint density at radius 2 is 2.00 bits per heavy atom. The van der Waals surface area contributed by atoms with Crippen LogP contribution >= 0.6 is 11.8 Å². The largest absolute Gasteiger partial charge is 0.353 e. The quantitative estimate of drug-likeness (QED) is 0.744. The maximum absolute atomic E-state index is 12.0. The number of likely N-dealkylation sites (N-methyl/N-ethyl adjacent to an activating group) is 1. The summed E-state index contributed by atoms with van der Waals surface area (Å²) in [5.41, 5.74) is 6.03. The Morgan fingerprint density at radius 3 is 2.53 bits per heavy atom. The van der Waals surface area contributed by atoms with Gasteiger partial charge in [-0.1, -0.05) is 19.3 Å². The number of amides is 1. The van der Waals surface area contributed by atoms with Gasteiger partial charge in [0, 0.05) is 12.1 Å². The van der Waals surface area contributed by atoms with Gasteiger partial charge in [0.15, 0.2) is 0 Å². The van der Waals surface area contributed by atoms with Crippen LogP contribution in [0.2, 0.25) is 0 Å². The number of nitrogens with two attached hydrogens (primary N) is 1. The minimum Gasteiger partial charge on any atom is -0.353 e. The van der Waals surface area contributed by atoms with E-state index in [1.807, 2.05) is 6.26 Å². The summed E-state index contributed by atoms with van der Waals surface area (Å²) in [5, 5.41) is 3.07. The fraction of sp³-hybridized carbons (Fsp3) is 0.929. The lowest BCUT2D eigenvalue weighted by Crippen LogP contribution is -2.55. The van der Waals surface area contributed by atoms with E-state index in [1.54, 1.807) is 11.8 Å². The number of carbonyl (C=O) groups excluding carboxylic acids is 1. The van der Waals surface area contributed by atoms with Gasteiger partial charge in [-0.15, -0.1) is 0 Å². The predicted molar refractivity (Wildman–Crippen MR) is 83.5 cm³/mol. The third-order valence-electron chi connectivity index (χ3n) is 4.29. The van der Waals surface area contributed by atoms with Crippen LogP contribution in [-0.4, -0.2) is 55.0 Å². The smallest absolute Gasteiger partial charge is 0.237 e. The van der Waals surface area contributed by atoms with Gasteiger partial charge in [-0.25, -0.2) is 0 Å². The van der Waals surface area contributed by atoms with E-state index in [-0.39, 0.29) is 17.5 Å². The normalized spacial score (nSPS) is 20.3. The Balaban J connectivity index is 2.45. The van der Waals surface area contributed by atoms with Crippen LogP contribution in [0.1, 0.15) is 38.5 Å². The van der Waals surface area contributed by atoms with Crippen molar-refractivity contribution in [3.63, 3.8) is 0 Å². The van der Waals surface area contributed by atoms with Crippen LogP contribution < -0.4 is 11.1 Å². The first kappa shape index (κ1) is 16.8. The van der Waals surface area contributed by atoms with Crippen molar-refractivity contribution in [3.8, 4) is 0 Å². The molecule has 0 heterocycles. The first-order chi connectivity index (χ1) is 9.02. The van der Waals surface area contributed by atoms with Gasteiger partial charge >= 0.3 is 0 Å². The molecule has 0 unspecified atom stereocenters. The first-order valence-corrected chi connectivity index (χ1v) is 8.61. The molecule has 1 atom stereocenters. The molecule has 0 aromatic rings. The molecule has 1 fully saturated rings. The van der Waals surface area contributed by atoms with E-state index in [1.165, 1.54) is 32.1 Å². The Morgan fingerprint density at radius 1 is 1.37 bits per heavy atom. The first-order valence-electron chi connectivity index (χ1n) is 7.21. The minimum atomic E-state index is -0.366. The molecule has 5 heteroatoms. The zero-order chi connectivity index (χ0) is 14.3. The zero-order valence-corrected chi connectivity index (χ0v) is 13.4. The maximum Gasteiger partial charge on any atom is 0.237 e.